The predicted octanol–water partition coefficient (Wildman–Crippen LogP) is -0.00960. The molecule has 0 aromatic rings. The zero-order valence-corrected chi connectivity index (χ0v) is 7.24. The summed E-state index contributed by atoms with van der Waals surface area (Å²) in [5.74, 6) is -0.0146. The van der Waals surface area contributed by atoms with Gasteiger partial charge in [-0.15, -0.1) is 0 Å². The van der Waals surface area contributed by atoms with E-state index in [2.05, 4.69) is 0 Å². The summed E-state index contributed by atoms with van der Waals surface area (Å²) in [5.41, 5.74) is 0. The summed E-state index contributed by atoms with van der Waals surface area (Å²) in [6.07, 6.45) is 0.486. The number of hydrogen-bond acceptors (Lipinski definition) is 3. The molecule has 0 saturated carbocycles. The SMILES string of the molecule is CCCS(=O)(=O)CS(=O)O. The summed E-state index contributed by atoms with van der Waals surface area (Å²) >= 11 is -2.22. The smallest absolute Gasteiger partial charge is 0.168 e. The van der Waals surface area contributed by atoms with Crippen LogP contribution >= 0.6 is 0 Å². The van der Waals surface area contributed by atoms with Gasteiger partial charge in [0.2, 0.25) is 0 Å². The van der Waals surface area contributed by atoms with E-state index < -0.39 is 26.0 Å². The molecule has 0 aliphatic rings. The first-order chi connectivity index (χ1) is 4.48. The molecular formula is C4H10O4S2. The standard InChI is InChI=1S/C4H10O4S2/c1-2-3-10(7,8)4-9(5)6/h2-4H2,1H3,(H,5,6). The fourth-order valence-electron chi connectivity index (χ4n) is 0.524. The molecule has 0 aliphatic carbocycles. The van der Waals surface area contributed by atoms with Crippen LogP contribution in [0.1, 0.15) is 13.3 Å². The summed E-state index contributed by atoms with van der Waals surface area (Å²) in [6.45, 7) is 1.71. The van der Waals surface area contributed by atoms with E-state index in [1.54, 1.807) is 6.92 Å². The highest BCUT2D eigenvalue weighted by Gasteiger charge is 2.11. The molecule has 62 valence electrons. The summed E-state index contributed by atoms with van der Waals surface area (Å²) in [7, 11) is -3.28. The minimum Gasteiger partial charge on any atom is -0.305 e. The highest BCUT2D eigenvalue weighted by atomic mass is 32.3. The maximum atomic E-state index is 10.7. The molecule has 10 heavy (non-hydrogen) atoms. The zero-order valence-electron chi connectivity index (χ0n) is 5.61. The Labute approximate surface area is 62.8 Å². The van der Waals surface area contributed by atoms with E-state index in [-0.39, 0.29) is 5.75 Å². The lowest BCUT2D eigenvalue weighted by Gasteiger charge is -1.96. The number of hydrogen-bond donors (Lipinski definition) is 1. The van der Waals surface area contributed by atoms with Crippen molar-refractivity contribution in [2.24, 2.45) is 0 Å². The minimum atomic E-state index is -3.28. The van der Waals surface area contributed by atoms with Crippen molar-refractivity contribution in [3.8, 4) is 0 Å². The molecule has 0 aromatic carbocycles. The second-order valence-corrected chi connectivity index (χ2v) is 5.37. The average Bonchev–Trinajstić information content (AvgIpc) is 1.59. The largest absolute Gasteiger partial charge is 0.305 e. The molecule has 0 heterocycles. The summed E-state index contributed by atoms with van der Waals surface area (Å²) < 4.78 is 39.6. The van der Waals surface area contributed by atoms with Crippen molar-refractivity contribution in [2.75, 3.05) is 10.8 Å². The summed E-state index contributed by atoms with van der Waals surface area (Å²) in [4.78, 5) is 0. The van der Waals surface area contributed by atoms with Gasteiger partial charge in [0.25, 0.3) is 0 Å². The molecule has 0 spiro atoms. The molecule has 1 atom stereocenters. The molecule has 0 fully saturated rings. The maximum Gasteiger partial charge on any atom is 0.168 e. The zero-order chi connectivity index (χ0) is 8.20. The van der Waals surface area contributed by atoms with Gasteiger partial charge >= 0.3 is 0 Å². The Morgan fingerprint density at radius 2 is 2.00 bits per heavy atom. The second-order valence-electron chi connectivity index (χ2n) is 1.89. The molecule has 6 heteroatoms. The van der Waals surface area contributed by atoms with Crippen LogP contribution in [0.25, 0.3) is 0 Å². The van der Waals surface area contributed by atoms with Gasteiger partial charge in [-0.2, -0.15) is 0 Å². The van der Waals surface area contributed by atoms with E-state index in [1.165, 1.54) is 0 Å². The fourth-order valence-corrected chi connectivity index (χ4v) is 2.85. The molecule has 0 bridgehead atoms. The van der Waals surface area contributed by atoms with Crippen molar-refractivity contribution >= 4 is 20.9 Å². The normalized spacial score (nSPS) is 15.0. The molecule has 0 aliphatic heterocycles. The van der Waals surface area contributed by atoms with Crippen LogP contribution in [0.2, 0.25) is 0 Å². The lowest BCUT2D eigenvalue weighted by molar-refractivity contribution is 0.565. The second kappa shape index (κ2) is 4.05. The minimum absolute atomic E-state index is 0.0146. The molecular weight excluding hydrogens is 176 g/mol. The van der Waals surface area contributed by atoms with Crippen LogP contribution in [0.4, 0.5) is 0 Å². The lowest BCUT2D eigenvalue weighted by Crippen LogP contribution is -2.13. The predicted molar refractivity (Wildman–Crippen MR) is 39.7 cm³/mol. The van der Waals surface area contributed by atoms with Crippen LogP contribution in [0.5, 0.6) is 0 Å². The highest BCUT2D eigenvalue weighted by molar-refractivity contribution is 8.03. The van der Waals surface area contributed by atoms with Crippen molar-refractivity contribution in [3.63, 3.8) is 0 Å². The van der Waals surface area contributed by atoms with Gasteiger partial charge in [-0.25, -0.2) is 12.6 Å². The van der Waals surface area contributed by atoms with Gasteiger partial charge in [-0.1, -0.05) is 6.92 Å². The van der Waals surface area contributed by atoms with Gasteiger partial charge in [-0.05, 0) is 6.42 Å². The van der Waals surface area contributed by atoms with Gasteiger partial charge in [0.1, 0.15) is 0 Å². The Morgan fingerprint density at radius 1 is 1.50 bits per heavy atom. The molecule has 1 N–H and O–H groups in total. The highest BCUT2D eigenvalue weighted by Crippen LogP contribution is 1.94. The molecule has 1 unspecified atom stereocenters. The molecule has 0 rings (SSSR count). The Kier molecular flexibility index (Phi) is 4.07. The average molecular weight is 186 g/mol. The van der Waals surface area contributed by atoms with Crippen LogP contribution in [0.3, 0.4) is 0 Å². The van der Waals surface area contributed by atoms with Crippen LogP contribution < -0.4 is 0 Å². The van der Waals surface area contributed by atoms with Gasteiger partial charge in [0.15, 0.2) is 26.0 Å². The number of sulfone groups is 1. The van der Waals surface area contributed by atoms with E-state index in [4.69, 9.17) is 4.55 Å². The van der Waals surface area contributed by atoms with E-state index in [1.807, 2.05) is 0 Å². The van der Waals surface area contributed by atoms with Crippen molar-refractivity contribution < 1.29 is 17.2 Å². The van der Waals surface area contributed by atoms with Gasteiger partial charge in [0, 0.05) is 0 Å². The molecule has 4 nitrogen and oxygen atoms in total. The molecule has 0 saturated heterocycles. The monoisotopic (exact) mass is 186 g/mol. The first-order valence-electron chi connectivity index (χ1n) is 2.76. The Bertz CT molecular complexity index is 205. The topological polar surface area (TPSA) is 71.4 Å². The van der Waals surface area contributed by atoms with Crippen LogP contribution in [0.15, 0.2) is 0 Å². The third-order valence-corrected chi connectivity index (χ3v) is 4.07. The van der Waals surface area contributed by atoms with Gasteiger partial charge < -0.3 is 4.55 Å². The summed E-state index contributed by atoms with van der Waals surface area (Å²) in [5, 5.41) is -0.638. The van der Waals surface area contributed by atoms with Crippen molar-refractivity contribution in [3.05, 3.63) is 0 Å². The maximum absolute atomic E-state index is 10.7. The van der Waals surface area contributed by atoms with Crippen molar-refractivity contribution in [1.29, 1.82) is 0 Å². The Balaban J connectivity index is 4.02. The Morgan fingerprint density at radius 3 is 2.30 bits per heavy atom. The van der Waals surface area contributed by atoms with Crippen molar-refractivity contribution in [1.82, 2.24) is 0 Å². The van der Waals surface area contributed by atoms with E-state index in [9.17, 15) is 12.6 Å². The fraction of sp³-hybridized carbons (Fsp3) is 1.00. The third kappa shape index (κ3) is 4.89. The summed E-state index contributed by atoms with van der Waals surface area (Å²) in [6, 6.07) is 0. The van der Waals surface area contributed by atoms with E-state index in [0.717, 1.165) is 0 Å². The van der Waals surface area contributed by atoms with E-state index >= 15 is 0 Å². The molecule has 0 radical (unpaired) electrons. The van der Waals surface area contributed by atoms with Crippen LogP contribution in [-0.2, 0) is 20.9 Å². The molecule has 0 aromatic heterocycles. The third-order valence-electron chi connectivity index (χ3n) is 0.796. The number of rotatable bonds is 4. The van der Waals surface area contributed by atoms with Crippen LogP contribution in [-0.4, -0.2) is 28.0 Å². The molecule has 0 amide bonds. The van der Waals surface area contributed by atoms with Gasteiger partial charge in [0.05, 0.1) is 5.75 Å². The first-order valence-corrected chi connectivity index (χ1v) is 5.85. The first kappa shape index (κ1) is 10.1. The van der Waals surface area contributed by atoms with Crippen LogP contribution in [0, 0.1) is 0 Å². The van der Waals surface area contributed by atoms with E-state index in [0.29, 0.717) is 6.42 Å². The van der Waals surface area contributed by atoms with Crippen molar-refractivity contribution in [2.45, 2.75) is 13.3 Å². The quantitative estimate of drug-likeness (QED) is 0.627. The van der Waals surface area contributed by atoms with Gasteiger partial charge in [-0.3, -0.25) is 0 Å². The lowest BCUT2D eigenvalue weighted by atomic mass is 10.6. The Hall–Kier alpha value is 0.0600.